The number of aryl methyl sites for hydroxylation is 1. The molecular weight excluding hydrogens is 240 g/mol. The third kappa shape index (κ3) is 2.81. The Morgan fingerprint density at radius 2 is 2.11 bits per heavy atom. The number of nitrogens with zero attached hydrogens (tertiary/aromatic N) is 3. The number of rotatable bonds is 3. The molecule has 106 valence electrons. The maximum absolute atomic E-state index is 6.04. The molecule has 0 amide bonds. The van der Waals surface area contributed by atoms with Gasteiger partial charge in [0.15, 0.2) is 0 Å². The second-order valence-corrected chi connectivity index (χ2v) is 5.74. The SMILES string of the molecule is CCCc1nc(N)c(C)c(N2CCOCC2(C)C)n1. The van der Waals surface area contributed by atoms with Crippen molar-refractivity contribution in [2.24, 2.45) is 0 Å². The van der Waals surface area contributed by atoms with E-state index < -0.39 is 0 Å². The number of nitrogen functional groups attached to an aromatic ring is 1. The molecule has 2 N–H and O–H groups in total. The number of anilines is 2. The van der Waals surface area contributed by atoms with E-state index in [-0.39, 0.29) is 5.54 Å². The number of aromatic nitrogens is 2. The van der Waals surface area contributed by atoms with Crippen LogP contribution in [0.2, 0.25) is 0 Å². The first-order chi connectivity index (χ1) is 8.95. The molecule has 0 unspecified atom stereocenters. The second kappa shape index (κ2) is 5.33. The lowest BCUT2D eigenvalue weighted by atomic mass is 10.0. The van der Waals surface area contributed by atoms with Crippen LogP contribution in [0.15, 0.2) is 0 Å². The smallest absolute Gasteiger partial charge is 0.137 e. The lowest BCUT2D eigenvalue weighted by Gasteiger charge is -2.43. The monoisotopic (exact) mass is 264 g/mol. The van der Waals surface area contributed by atoms with Crippen LogP contribution in [-0.4, -0.2) is 35.3 Å². The Bertz CT molecular complexity index is 459. The quantitative estimate of drug-likeness (QED) is 0.903. The molecule has 1 aliphatic heterocycles. The van der Waals surface area contributed by atoms with Gasteiger partial charge < -0.3 is 15.4 Å². The summed E-state index contributed by atoms with van der Waals surface area (Å²) in [6.45, 7) is 10.7. The lowest BCUT2D eigenvalue weighted by molar-refractivity contribution is 0.0638. The Morgan fingerprint density at radius 3 is 2.74 bits per heavy atom. The van der Waals surface area contributed by atoms with Crippen LogP contribution in [0.1, 0.15) is 38.6 Å². The Hall–Kier alpha value is -1.36. The van der Waals surface area contributed by atoms with E-state index in [1.807, 2.05) is 6.92 Å². The van der Waals surface area contributed by atoms with Crippen molar-refractivity contribution < 1.29 is 4.74 Å². The summed E-state index contributed by atoms with van der Waals surface area (Å²) < 4.78 is 5.57. The van der Waals surface area contributed by atoms with Gasteiger partial charge in [-0.2, -0.15) is 0 Å². The first kappa shape index (κ1) is 14.1. The van der Waals surface area contributed by atoms with Crippen molar-refractivity contribution in [3.63, 3.8) is 0 Å². The second-order valence-electron chi connectivity index (χ2n) is 5.74. The van der Waals surface area contributed by atoms with Crippen LogP contribution in [0, 0.1) is 6.92 Å². The molecule has 2 rings (SSSR count). The van der Waals surface area contributed by atoms with Crippen LogP contribution in [0.25, 0.3) is 0 Å². The van der Waals surface area contributed by atoms with Crippen molar-refractivity contribution in [1.82, 2.24) is 9.97 Å². The standard InChI is InChI=1S/C14H24N4O/c1-5-6-11-16-12(15)10(2)13(17-11)18-7-8-19-9-14(18,3)4/h5-9H2,1-4H3,(H2,15,16,17). The van der Waals surface area contributed by atoms with Crippen LogP contribution in [-0.2, 0) is 11.2 Å². The number of ether oxygens (including phenoxy) is 1. The molecule has 0 radical (unpaired) electrons. The van der Waals surface area contributed by atoms with Crippen LogP contribution in [0.4, 0.5) is 11.6 Å². The van der Waals surface area contributed by atoms with Crippen molar-refractivity contribution in [2.75, 3.05) is 30.4 Å². The van der Waals surface area contributed by atoms with Gasteiger partial charge in [-0.15, -0.1) is 0 Å². The first-order valence-corrected chi connectivity index (χ1v) is 6.94. The average molecular weight is 264 g/mol. The summed E-state index contributed by atoms with van der Waals surface area (Å²) >= 11 is 0. The van der Waals surface area contributed by atoms with E-state index in [9.17, 15) is 0 Å². The normalized spacial score (nSPS) is 18.6. The largest absolute Gasteiger partial charge is 0.383 e. The summed E-state index contributed by atoms with van der Waals surface area (Å²) in [5.41, 5.74) is 6.94. The predicted molar refractivity (Wildman–Crippen MR) is 77.4 cm³/mol. The number of hydrogen-bond donors (Lipinski definition) is 1. The molecule has 1 fully saturated rings. The molecule has 0 bridgehead atoms. The van der Waals surface area contributed by atoms with Crippen molar-refractivity contribution in [1.29, 1.82) is 0 Å². The highest BCUT2D eigenvalue weighted by Crippen LogP contribution is 2.30. The van der Waals surface area contributed by atoms with Crippen LogP contribution >= 0.6 is 0 Å². The van der Waals surface area contributed by atoms with Gasteiger partial charge in [-0.3, -0.25) is 0 Å². The van der Waals surface area contributed by atoms with Crippen molar-refractivity contribution >= 4 is 11.6 Å². The summed E-state index contributed by atoms with van der Waals surface area (Å²) in [5, 5.41) is 0. The molecule has 1 aliphatic rings. The van der Waals surface area contributed by atoms with Crippen molar-refractivity contribution in [3.05, 3.63) is 11.4 Å². The Balaban J connectivity index is 2.42. The number of morpholine rings is 1. The summed E-state index contributed by atoms with van der Waals surface area (Å²) in [5.74, 6) is 2.39. The van der Waals surface area contributed by atoms with Crippen molar-refractivity contribution in [3.8, 4) is 0 Å². The number of nitrogens with two attached hydrogens (primary N) is 1. The van der Waals surface area contributed by atoms with Gasteiger partial charge in [0.1, 0.15) is 17.5 Å². The van der Waals surface area contributed by atoms with Crippen LogP contribution < -0.4 is 10.6 Å². The third-order valence-corrected chi connectivity index (χ3v) is 3.58. The van der Waals surface area contributed by atoms with Gasteiger partial charge in [-0.05, 0) is 27.2 Å². The predicted octanol–water partition coefficient (Wildman–Crippen LogP) is 1.93. The molecule has 0 saturated carbocycles. The zero-order valence-electron chi connectivity index (χ0n) is 12.4. The minimum atomic E-state index is -0.0622. The fraction of sp³-hybridized carbons (Fsp3) is 0.714. The zero-order chi connectivity index (χ0) is 14.0. The van der Waals surface area contributed by atoms with Crippen molar-refractivity contribution in [2.45, 2.75) is 46.1 Å². The molecule has 0 aliphatic carbocycles. The molecule has 0 spiro atoms. The first-order valence-electron chi connectivity index (χ1n) is 6.94. The highest BCUT2D eigenvalue weighted by atomic mass is 16.5. The van der Waals surface area contributed by atoms with E-state index >= 15 is 0 Å². The fourth-order valence-corrected chi connectivity index (χ4v) is 2.42. The summed E-state index contributed by atoms with van der Waals surface area (Å²) in [4.78, 5) is 11.4. The van der Waals surface area contributed by atoms with E-state index in [4.69, 9.17) is 15.5 Å². The Kier molecular flexibility index (Phi) is 3.94. The Labute approximate surface area is 115 Å². The maximum Gasteiger partial charge on any atom is 0.137 e. The van der Waals surface area contributed by atoms with Gasteiger partial charge in [-0.25, -0.2) is 9.97 Å². The van der Waals surface area contributed by atoms with E-state index in [0.29, 0.717) is 12.4 Å². The van der Waals surface area contributed by atoms with Gasteiger partial charge in [0.2, 0.25) is 0 Å². The average Bonchev–Trinajstić information content (AvgIpc) is 2.34. The van der Waals surface area contributed by atoms with E-state index in [1.165, 1.54) is 0 Å². The van der Waals surface area contributed by atoms with E-state index in [2.05, 4.69) is 30.7 Å². The lowest BCUT2D eigenvalue weighted by Crippen LogP contribution is -2.54. The molecule has 1 aromatic rings. The van der Waals surface area contributed by atoms with Gasteiger partial charge in [0.05, 0.1) is 18.8 Å². The van der Waals surface area contributed by atoms with Gasteiger partial charge in [-0.1, -0.05) is 6.92 Å². The molecule has 1 aromatic heterocycles. The van der Waals surface area contributed by atoms with Gasteiger partial charge in [0, 0.05) is 18.5 Å². The van der Waals surface area contributed by atoms with E-state index in [1.54, 1.807) is 0 Å². The molecule has 1 saturated heterocycles. The molecule has 5 heteroatoms. The van der Waals surface area contributed by atoms with E-state index in [0.717, 1.165) is 43.2 Å². The summed E-state index contributed by atoms with van der Waals surface area (Å²) in [6, 6.07) is 0. The molecule has 0 atom stereocenters. The fourth-order valence-electron chi connectivity index (χ4n) is 2.42. The van der Waals surface area contributed by atoms with Gasteiger partial charge >= 0.3 is 0 Å². The third-order valence-electron chi connectivity index (χ3n) is 3.58. The molecule has 19 heavy (non-hydrogen) atoms. The minimum Gasteiger partial charge on any atom is -0.383 e. The Morgan fingerprint density at radius 1 is 1.37 bits per heavy atom. The number of hydrogen-bond acceptors (Lipinski definition) is 5. The summed E-state index contributed by atoms with van der Waals surface area (Å²) in [6.07, 6.45) is 1.89. The minimum absolute atomic E-state index is 0.0622. The van der Waals surface area contributed by atoms with Crippen LogP contribution in [0.3, 0.4) is 0 Å². The zero-order valence-corrected chi connectivity index (χ0v) is 12.4. The molecule has 0 aromatic carbocycles. The molecule has 2 heterocycles. The molecule has 5 nitrogen and oxygen atoms in total. The topological polar surface area (TPSA) is 64.3 Å². The molecular formula is C14H24N4O. The highest BCUT2D eigenvalue weighted by molar-refractivity contribution is 5.58. The maximum atomic E-state index is 6.04. The van der Waals surface area contributed by atoms with Crippen LogP contribution in [0.5, 0.6) is 0 Å². The summed E-state index contributed by atoms with van der Waals surface area (Å²) in [7, 11) is 0. The van der Waals surface area contributed by atoms with Gasteiger partial charge in [0.25, 0.3) is 0 Å². The highest BCUT2D eigenvalue weighted by Gasteiger charge is 2.33.